The topological polar surface area (TPSA) is 173 Å². The molecule has 7 rings (SSSR count). The molecule has 2 saturated carbocycles. The summed E-state index contributed by atoms with van der Waals surface area (Å²) in [6.45, 7) is 4.85. The van der Waals surface area contributed by atoms with Crippen molar-refractivity contribution in [3.63, 3.8) is 0 Å². The molecule has 3 heterocycles. The number of ether oxygens (including phenoxy) is 2. The summed E-state index contributed by atoms with van der Waals surface area (Å²) in [6, 6.07) is 12.2. The lowest BCUT2D eigenvalue weighted by Crippen LogP contribution is -2.59. The monoisotopic (exact) mass is 827 g/mol. The number of alkyl halides is 3. The summed E-state index contributed by atoms with van der Waals surface area (Å²) in [7, 11) is -3.98. The van der Waals surface area contributed by atoms with Crippen molar-refractivity contribution in [1.82, 2.24) is 25.2 Å². The van der Waals surface area contributed by atoms with Crippen molar-refractivity contribution in [2.24, 2.45) is 17.8 Å². The molecule has 3 fully saturated rings. The molecule has 7 atom stereocenters. The first-order valence-electron chi connectivity index (χ1n) is 19.7. The largest absolute Gasteiger partial charge is 0.472 e. The number of carbonyl (C=O) groups is 4. The van der Waals surface area contributed by atoms with E-state index < -0.39 is 86.4 Å². The quantitative estimate of drug-likeness (QED) is 0.201. The van der Waals surface area contributed by atoms with Crippen LogP contribution in [0.3, 0.4) is 0 Å². The molecule has 312 valence electrons. The third-order valence-corrected chi connectivity index (χ3v) is 13.6. The Kier molecular flexibility index (Phi) is 10.9. The summed E-state index contributed by atoms with van der Waals surface area (Å²) < 4.78 is 80.6. The van der Waals surface area contributed by atoms with Gasteiger partial charge in [0, 0.05) is 23.1 Å². The number of allylic oxidation sites excluding steroid dienone is 1. The molecule has 17 heteroatoms. The van der Waals surface area contributed by atoms with Gasteiger partial charge in [-0.15, -0.1) is 0 Å². The highest BCUT2D eigenvalue weighted by molar-refractivity contribution is 7.91. The highest BCUT2D eigenvalue weighted by Crippen LogP contribution is 2.46. The van der Waals surface area contributed by atoms with Crippen LogP contribution >= 0.6 is 0 Å². The van der Waals surface area contributed by atoms with Crippen LogP contribution in [0.5, 0.6) is 5.88 Å². The van der Waals surface area contributed by atoms with Gasteiger partial charge in [0.15, 0.2) is 0 Å². The molecule has 2 aromatic carbocycles. The third-order valence-electron chi connectivity index (χ3n) is 11.8. The van der Waals surface area contributed by atoms with E-state index in [2.05, 4.69) is 15.4 Å². The Morgan fingerprint density at radius 1 is 0.966 bits per heavy atom. The van der Waals surface area contributed by atoms with E-state index in [1.165, 1.54) is 4.90 Å². The number of benzene rings is 2. The van der Waals surface area contributed by atoms with Gasteiger partial charge in [-0.2, -0.15) is 13.2 Å². The zero-order valence-corrected chi connectivity index (χ0v) is 33.5. The van der Waals surface area contributed by atoms with Crippen LogP contribution in [-0.2, 0) is 29.1 Å². The van der Waals surface area contributed by atoms with E-state index in [1.807, 2.05) is 61.5 Å². The van der Waals surface area contributed by atoms with Gasteiger partial charge in [0.05, 0.1) is 17.3 Å². The number of para-hydroxylation sites is 1. The number of nitrogens with one attached hydrogen (secondary N) is 3. The van der Waals surface area contributed by atoms with Crippen LogP contribution in [0.1, 0.15) is 72.6 Å². The van der Waals surface area contributed by atoms with E-state index in [0.717, 1.165) is 10.8 Å². The van der Waals surface area contributed by atoms with Crippen LogP contribution in [0, 0.1) is 17.8 Å². The predicted molar refractivity (Wildman–Crippen MR) is 208 cm³/mol. The maximum atomic E-state index is 14.8. The molecular formula is C41H48F3N5O8S. The number of fused-ring (bicyclic) bond motifs is 5. The van der Waals surface area contributed by atoms with Crippen molar-refractivity contribution in [2.45, 2.75) is 113 Å². The highest BCUT2D eigenvalue weighted by atomic mass is 32.2. The maximum absolute atomic E-state index is 14.8. The Balaban J connectivity index is 1.24. The van der Waals surface area contributed by atoms with Crippen molar-refractivity contribution in [2.75, 3.05) is 6.54 Å². The molecule has 4 aliphatic rings. The van der Waals surface area contributed by atoms with Crippen LogP contribution in [0.15, 0.2) is 60.7 Å². The molecule has 4 amide bonds. The van der Waals surface area contributed by atoms with E-state index >= 15 is 0 Å². The molecule has 0 radical (unpaired) electrons. The van der Waals surface area contributed by atoms with Gasteiger partial charge in [0.2, 0.25) is 33.3 Å². The Bertz CT molecular complexity index is 2260. The summed E-state index contributed by atoms with van der Waals surface area (Å²) in [5, 5.41) is 6.93. The number of halogens is 3. The Morgan fingerprint density at radius 3 is 2.33 bits per heavy atom. The second-order valence-corrected chi connectivity index (χ2v) is 18.7. The van der Waals surface area contributed by atoms with Crippen molar-refractivity contribution >= 4 is 55.5 Å². The minimum Gasteiger partial charge on any atom is -0.472 e. The summed E-state index contributed by atoms with van der Waals surface area (Å²) in [5.74, 6) is -3.35. The molecule has 2 aliphatic carbocycles. The van der Waals surface area contributed by atoms with Crippen molar-refractivity contribution in [3.8, 4) is 5.88 Å². The normalized spacial score (nSPS) is 29.0. The van der Waals surface area contributed by atoms with Gasteiger partial charge >= 0.3 is 12.3 Å². The Hall–Kier alpha value is -4.93. The summed E-state index contributed by atoms with van der Waals surface area (Å²) >= 11 is 0. The zero-order valence-electron chi connectivity index (χ0n) is 32.7. The first-order chi connectivity index (χ1) is 27.3. The predicted octanol–water partition coefficient (Wildman–Crippen LogP) is 5.67. The molecule has 58 heavy (non-hydrogen) atoms. The van der Waals surface area contributed by atoms with Crippen LogP contribution < -0.4 is 20.1 Å². The molecule has 3 aromatic rings. The molecule has 0 spiro atoms. The number of amides is 4. The van der Waals surface area contributed by atoms with Crippen molar-refractivity contribution < 1.29 is 50.2 Å². The lowest BCUT2D eigenvalue weighted by Gasteiger charge is -2.34. The average Bonchev–Trinajstić information content (AvgIpc) is 4.08. The van der Waals surface area contributed by atoms with Crippen LogP contribution in [0.25, 0.3) is 21.7 Å². The number of pyridine rings is 1. The van der Waals surface area contributed by atoms with E-state index in [4.69, 9.17) is 14.5 Å². The first kappa shape index (κ1) is 41.2. The smallest absolute Gasteiger partial charge is 0.427 e. The molecule has 2 aliphatic heterocycles. The summed E-state index contributed by atoms with van der Waals surface area (Å²) in [5.41, 5.74) is -3.86. The number of hydrogen-bond acceptors (Lipinski definition) is 9. The third kappa shape index (κ3) is 8.32. The first-order valence-corrected chi connectivity index (χ1v) is 21.2. The molecule has 0 bridgehead atoms. The molecule has 3 N–H and O–H groups in total. The summed E-state index contributed by atoms with van der Waals surface area (Å²) in [4.78, 5) is 62.3. The van der Waals surface area contributed by atoms with Crippen LogP contribution in [0.4, 0.5) is 18.0 Å². The van der Waals surface area contributed by atoms with E-state index in [9.17, 15) is 40.8 Å². The number of hydrogen-bond donors (Lipinski definition) is 3. The molecule has 1 saturated heterocycles. The SMILES string of the molecule is C[C@H]1CC/C=C\[C@@H]2C[C@@]2(C(=O)NS(=O)(=O)C2CC2)NC(=O)[C@@H]2C[C@@H](Oc3nc4ccccc4c4ccccc34)CN2C(=O)[C@@H](NC(=O)OC(C)(C)C(F)(F)F)[C@H](C)C1. The zero-order chi connectivity index (χ0) is 41.8. The van der Waals surface area contributed by atoms with Crippen LogP contribution in [0.2, 0.25) is 0 Å². The van der Waals surface area contributed by atoms with Gasteiger partial charge in [-0.3, -0.25) is 19.1 Å². The standard InChI is InChI=1S/C41H48F3N5O8S/c1-23-11-5-6-12-25-21-40(25,37(52)48-58(54,55)27-17-18-27)47-34(50)32-20-26(56-35-30-15-8-7-13-28(30)29-14-9-10-16-31(29)45-35)22-49(32)36(51)33(24(2)19-23)46-38(53)57-39(3,4)41(42,43)44/h6-10,12-16,23-27,32-33H,5,11,17-22H2,1-4H3,(H,46,53)(H,47,50)(H,48,52)/b12-6-/t23-,24+,25+,26+,32-,33-,40+/m0/s1. The molecule has 0 unspecified atom stereocenters. The van der Waals surface area contributed by atoms with E-state index in [1.54, 1.807) is 13.0 Å². The van der Waals surface area contributed by atoms with Gasteiger partial charge in [-0.25, -0.2) is 18.2 Å². The second-order valence-electron chi connectivity index (χ2n) is 16.8. The highest BCUT2D eigenvalue weighted by Gasteiger charge is 2.62. The lowest BCUT2D eigenvalue weighted by atomic mass is 9.88. The van der Waals surface area contributed by atoms with Gasteiger partial charge in [0.25, 0.3) is 5.91 Å². The molecular weight excluding hydrogens is 780 g/mol. The van der Waals surface area contributed by atoms with Gasteiger partial charge in [-0.05, 0) is 81.7 Å². The number of rotatable bonds is 7. The average molecular weight is 828 g/mol. The number of carbonyl (C=O) groups excluding carboxylic acids is 4. The van der Waals surface area contributed by atoms with E-state index in [0.29, 0.717) is 56.9 Å². The minimum atomic E-state index is -4.91. The van der Waals surface area contributed by atoms with Gasteiger partial charge in [-0.1, -0.05) is 62.4 Å². The number of aromatic nitrogens is 1. The fraction of sp³-hybridized carbons (Fsp3) is 0.537. The van der Waals surface area contributed by atoms with Crippen molar-refractivity contribution in [3.05, 3.63) is 60.7 Å². The number of sulfonamides is 1. The Morgan fingerprint density at radius 2 is 1.64 bits per heavy atom. The van der Waals surface area contributed by atoms with Crippen molar-refractivity contribution in [1.29, 1.82) is 0 Å². The van der Waals surface area contributed by atoms with Crippen LogP contribution in [-0.4, -0.2) is 89.4 Å². The van der Waals surface area contributed by atoms with Gasteiger partial charge in [0.1, 0.15) is 23.7 Å². The Labute approximate surface area is 334 Å². The molecule has 1 aromatic heterocycles. The number of alkyl carbamates (subject to hydrolysis) is 1. The molecule has 13 nitrogen and oxygen atoms in total. The second kappa shape index (κ2) is 15.3. The fourth-order valence-electron chi connectivity index (χ4n) is 8.06. The fourth-order valence-corrected chi connectivity index (χ4v) is 9.43. The van der Waals surface area contributed by atoms with Gasteiger partial charge < -0.3 is 25.0 Å². The minimum absolute atomic E-state index is 0.0297. The van der Waals surface area contributed by atoms with E-state index in [-0.39, 0.29) is 31.2 Å². The summed E-state index contributed by atoms with van der Waals surface area (Å²) in [6.07, 6.45) is -1.16. The maximum Gasteiger partial charge on any atom is 0.427 e. The lowest BCUT2D eigenvalue weighted by molar-refractivity contribution is -0.244. The number of nitrogens with zero attached hydrogens (tertiary/aromatic N) is 2.